The molecule has 10 aromatic rings. The highest BCUT2D eigenvalue weighted by atomic mass is 16.5. The summed E-state index contributed by atoms with van der Waals surface area (Å²) < 4.78 is 26.2. The van der Waals surface area contributed by atoms with Crippen LogP contribution in [0.4, 0.5) is 5.82 Å². The average molecular weight is 913 g/mol. The number of aromatic nitrogens is 5. The Morgan fingerprint density at radius 2 is 0.779 bits per heavy atom. The van der Waals surface area contributed by atoms with Gasteiger partial charge in [0.05, 0.1) is 63.1 Å². The number of nitrogen functional groups attached to an aromatic ring is 1. The lowest BCUT2D eigenvalue weighted by Crippen LogP contribution is -1.94. The van der Waals surface area contributed by atoms with Crippen molar-refractivity contribution >= 4 is 60.3 Å². The number of fused-ring (bicyclic) bond motifs is 5. The Bertz CT molecular complexity index is 3140. The number of hydrogen-bond donors (Lipinski definition) is 1. The molecule has 68 heavy (non-hydrogen) atoms. The minimum Gasteiger partial charge on any atom is -0.496 e. The summed E-state index contributed by atoms with van der Waals surface area (Å²) in [7, 11) is 8.34. The minimum absolute atomic E-state index is 0. The summed E-state index contributed by atoms with van der Waals surface area (Å²) in [6.45, 7) is 10.2. The van der Waals surface area contributed by atoms with Crippen LogP contribution in [0, 0.1) is 34.6 Å². The van der Waals surface area contributed by atoms with E-state index >= 15 is 0 Å². The van der Waals surface area contributed by atoms with Gasteiger partial charge in [-0.05, 0) is 130 Å². The van der Waals surface area contributed by atoms with Gasteiger partial charge in [0.2, 0.25) is 0 Å². The average Bonchev–Trinajstić information content (AvgIpc) is 3.33. The molecule has 0 radical (unpaired) electrons. The number of benzene rings is 5. The highest BCUT2D eigenvalue weighted by Crippen LogP contribution is 2.29. The predicted octanol–water partition coefficient (Wildman–Crippen LogP) is 13.6. The van der Waals surface area contributed by atoms with Gasteiger partial charge in [0, 0.05) is 63.3 Å². The molecule has 0 aliphatic rings. The van der Waals surface area contributed by atoms with Crippen molar-refractivity contribution in [1.82, 2.24) is 24.9 Å². The molecule has 2 N–H and O–H groups in total. The van der Waals surface area contributed by atoms with Crippen LogP contribution in [-0.2, 0) is 0 Å². The van der Waals surface area contributed by atoms with Crippen LogP contribution in [0.15, 0.2) is 146 Å². The summed E-state index contributed by atoms with van der Waals surface area (Å²) in [5.41, 5.74) is 16.3. The van der Waals surface area contributed by atoms with Crippen LogP contribution >= 0.6 is 0 Å². The van der Waals surface area contributed by atoms with Crippen LogP contribution in [0.25, 0.3) is 54.5 Å². The van der Waals surface area contributed by atoms with Crippen molar-refractivity contribution in [1.29, 1.82) is 0 Å². The zero-order valence-corrected chi connectivity index (χ0v) is 39.2. The second-order valence-corrected chi connectivity index (χ2v) is 15.3. The Balaban J connectivity index is 0.000000184. The van der Waals surface area contributed by atoms with Gasteiger partial charge in [-0.2, -0.15) is 0 Å². The first-order valence-corrected chi connectivity index (χ1v) is 21.2. The highest BCUT2D eigenvalue weighted by Gasteiger charge is 2.07. The third-order valence-corrected chi connectivity index (χ3v) is 10.5. The third kappa shape index (κ3) is 13.1. The van der Waals surface area contributed by atoms with E-state index in [1.807, 2.05) is 105 Å². The second-order valence-electron chi connectivity index (χ2n) is 15.3. The van der Waals surface area contributed by atoms with Crippen molar-refractivity contribution in [3.63, 3.8) is 0 Å². The molecule has 0 aliphatic heterocycles. The van der Waals surface area contributed by atoms with E-state index in [-0.39, 0.29) is 14.9 Å². The quantitative estimate of drug-likeness (QED) is 0.177. The Morgan fingerprint density at radius 1 is 0.368 bits per heavy atom. The fourth-order valence-corrected chi connectivity index (χ4v) is 7.21. The van der Waals surface area contributed by atoms with Crippen LogP contribution in [-0.4, -0.2) is 60.5 Å². The summed E-state index contributed by atoms with van der Waals surface area (Å²) >= 11 is 0. The summed E-state index contributed by atoms with van der Waals surface area (Å²) in [6.07, 6.45) is 5.28. The highest BCUT2D eigenvalue weighted by molar-refractivity contribution is 5.89. The minimum atomic E-state index is 0. The van der Waals surface area contributed by atoms with Gasteiger partial charge in [0.15, 0.2) is 0 Å². The molecule has 0 spiro atoms. The van der Waals surface area contributed by atoms with Crippen molar-refractivity contribution in [3.8, 4) is 28.7 Å². The number of para-hydroxylation sites is 2. The van der Waals surface area contributed by atoms with Gasteiger partial charge < -0.3 is 29.4 Å². The number of hydrogen-bond acceptors (Lipinski definition) is 11. The summed E-state index contributed by atoms with van der Waals surface area (Å²) in [5, 5.41) is 5.26. The number of aryl methyl sites for hydroxylation is 5. The van der Waals surface area contributed by atoms with Crippen molar-refractivity contribution in [2.45, 2.75) is 49.5 Å². The van der Waals surface area contributed by atoms with Gasteiger partial charge in [-0.1, -0.05) is 57.3 Å². The molecule has 5 aromatic carbocycles. The fraction of sp³-hybridized carbons (Fsp3) is 0.211. The van der Waals surface area contributed by atoms with E-state index in [0.717, 1.165) is 94.5 Å². The molecule has 0 unspecified atom stereocenters. The van der Waals surface area contributed by atoms with E-state index < -0.39 is 0 Å². The number of anilines is 1. The zero-order valence-electron chi connectivity index (χ0n) is 39.2. The summed E-state index contributed by atoms with van der Waals surface area (Å²) in [5.74, 6) is 4.79. The molecule has 0 saturated carbocycles. The Hall–Kier alpha value is -8.05. The molecule has 0 amide bonds. The molecule has 0 aliphatic carbocycles. The number of rotatable bonds is 5. The zero-order chi connectivity index (χ0) is 47.2. The molecular weight excluding hydrogens is 849 g/mol. The molecule has 0 bridgehead atoms. The molecule has 0 atom stereocenters. The topological polar surface area (TPSA) is 137 Å². The van der Waals surface area contributed by atoms with Gasteiger partial charge in [0.25, 0.3) is 0 Å². The maximum absolute atomic E-state index is 5.66. The van der Waals surface area contributed by atoms with Gasteiger partial charge in [-0.25, -0.2) is 4.98 Å². The Kier molecular flexibility index (Phi) is 19.3. The van der Waals surface area contributed by atoms with Crippen molar-refractivity contribution in [3.05, 3.63) is 174 Å². The third-order valence-electron chi connectivity index (χ3n) is 10.5. The molecule has 0 saturated heterocycles. The van der Waals surface area contributed by atoms with Crippen LogP contribution in [0.5, 0.6) is 28.7 Å². The standard InChI is InChI=1S/C12H13NO.C11H12N2O.2C11H11NO.C10H9NO.2CH4/c1-8-5-4-6-10-11(14-3)7-9(2)13-12(8)10;1-7-3-4-8-9(5-7)13-11(12)6-10(8)14-2;2*1-8-3-4-9-10(7-8)12-6-5-11(9)13-2;1-12-10-6-7-11-9-5-3-2-4-8(9)10;;/h4-7H,1-3H3;3-6H,1-2H3,(H2,12,13);2*3-7H,1-2H3;2-7H,1H3;2*1H4. The maximum atomic E-state index is 5.66. The van der Waals surface area contributed by atoms with Crippen molar-refractivity contribution in [2.24, 2.45) is 0 Å². The molecule has 5 heterocycles. The number of methoxy groups -OCH3 is 5. The Labute approximate surface area is 400 Å². The molecule has 11 heteroatoms. The maximum Gasteiger partial charge on any atom is 0.131 e. The van der Waals surface area contributed by atoms with E-state index in [4.69, 9.17) is 29.4 Å². The predicted molar refractivity (Wildman–Crippen MR) is 283 cm³/mol. The van der Waals surface area contributed by atoms with Gasteiger partial charge in [-0.15, -0.1) is 0 Å². The first kappa shape index (κ1) is 52.6. The van der Waals surface area contributed by atoms with Crippen LogP contribution in [0.3, 0.4) is 0 Å². The molecule has 10 rings (SSSR count). The van der Waals surface area contributed by atoms with E-state index in [1.165, 1.54) is 16.7 Å². The van der Waals surface area contributed by atoms with Gasteiger partial charge in [-0.3, -0.25) is 19.9 Å². The number of nitrogens with zero attached hydrogens (tertiary/aromatic N) is 5. The van der Waals surface area contributed by atoms with Gasteiger partial charge >= 0.3 is 0 Å². The number of nitrogens with two attached hydrogens (primary N) is 1. The summed E-state index contributed by atoms with van der Waals surface area (Å²) in [4.78, 5) is 21.5. The second kappa shape index (κ2) is 25.0. The van der Waals surface area contributed by atoms with Crippen LogP contribution in [0.1, 0.15) is 42.8 Å². The molecule has 352 valence electrons. The lowest BCUT2D eigenvalue weighted by molar-refractivity contribution is 0.419. The molecule has 0 fully saturated rings. The van der Waals surface area contributed by atoms with E-state index in [2.05, 4.69) is 76.0 Å². The largest absolute Gasteiger partial charge is 0.496 e. The van der Waals surface area contributed by atoms with Crippen LogP contribution < -0.4 is 29.4 Å². The monoisotopic (exact) mass is 912 g/mol. The SMILES string of the molecule is C.C.COc1cc(C)nc2c(C)cccc12.COc1cc(N)nc2cc(C)ccc12.COc1ccnc2cc(C)ccc12.COc1ccnc2cc(C)ccc12.COc1ccnc2ccccc12. The van der Waals surface area contributed by atoms with E-state index in [9.17, 15) is 0 Å². The van der Waals surface area contributed by atoms with Crippen molar-refractivity contribution in [2.75, 3.05) is 41.3 Å². The Morgan fingerprint density at radius 3 is 1.28 bits per heavy atom. The lowest BCUT2D eigenvalue weighted by Gasteiger charge is -2.07. The molecular formula is C57H64N6O5. The number of ether oxygens (including phenoxy) is 5. The molecule has 11 nitrogen and oxygen atoms in total. The van der Waals surface area contributed by atoms with Crippen LogP contribution in [0.2, 0.25) is 0 Å². The smallest absolute Gasteiger partial charge is 0.131 e. The summed E-state index contributed by atoms with van der Waals surface area (Å²) in [6, 6.07) is 41.7. The van der Waals surface area contributed by atoms with Crippen molar-refractivity contribution < 1.29 is 23.7 Å². The normalized spacial score (nSPS) is 10.0. The number of pyridine rings is 5. The first-order chi connectivity index (χ1) is 32.0. The van der Waals surface area contributed by atoms with Gasteiger partial charge in [0.1, 0.15) is 34.6 Å². The fourth-order valence-electron chi connectivity index (χ4n) is 7.21. The first-order valence-electron chi connectivity index (χ1n) is 21.2. The lowest BCUT2D eigenvalue weighted by atomic mass is 10.1. The van der Waals surface area contributed by atoms with E-state index in [1.54, 1.807) is 60.2 Å². The molecule has 5 aromatic heterocycles. The van der Waals surface area contributed by atoms with E-state index in [0.29, 0.717) is 5.82 Å².